The highest BCUT2D eigenvalue weighted by atomic mass is 16.1. The van der Waals surface area contributed by atoms with E-state index in [4.69, 9.17) is 0 Å². The maximum Gasteiger partial charge on any atom is 0.186 e. The molecule has 2 aliphatic rings. The van der Waals surface area contributed by atoms with Crippen LogP contribution in [0.5, 0.6) is 0 Å². The van der Waals surface area contributed by atoms with Crippen molar-refractivity contribution in [1.82, 2.24) is 0 Å². The van der Waals surface area contributed by atoms with Gasteiger partial charge in [-0.15, -0.1) is 0 Å². The maximum atomic E-state index is 11.3. The largest absolute Gasteiger partial charge is 0.290 e. The Balaban J connectivity index is 2.55. The summed E-state index contributed by atoms with van der Waals surface area (Å²) in [5, 5.41) is 0. The summed E-state index contributed by atoms with van der Waals surface area (Å²) in [7, 11) is 0. The van der Waals surface area contributed by atoms with E-state index in [2.05, 4.69) is 0 Å². The van der Waals surface area contributed by atoms with E-state index < -0.39 is 0 Å². The van der Waals surface area contributed by atoms with Gasteiger partial charge in [-0.1, -0.05) is 18.2 Å². The van der Waals surface area contributed by atoms with Crippen molar-refractivity contribution in [1.29, 1.82) is 0 Å². The highest BCUT2D eigenvalue weighted by Crippen LogP contribution is 2.21. The third-order valence-corrected chi connectivity index (χ3v) is 1.81. The van der Waals surface area contributed by atoms with Crippen molar-refractivity contribution in [2.24, 2.45) is 0 Å². The number of carbonyl (C=O) groups is 2. The van der Waals surface area contributed by atoms with Gasteiger partial charge in [0.15, 0.2) is 11.6 Å². The molecular formula is C10H6O2. The standard InChI is InChI=1S/C10H6O2/c11-8-4-5-10(12)9-3-1-2-7(9)6-8/h1-6H. The lowest BCUT2D eigenvalue weighted by atomic mass is 10.1. The fourth-order valence-corrected chi connectivity index (χ4v) is 1.23. The van der Waals surface area contributed by atoms with Crippen LogP contribution in [-0.2, 0) is 9.59 Å². The molecule has 0 aromatic heterocycles. The Morgan fingerprint density at radius 2 is 1.83 bits per heavy atom. The summed E-state index contributed by atoms with van der Waals surface area (Å²) in [4.78, 5) is 22.2. The number of ketones is 2. The van der Waals surface area contributed by atoms with Gasteiger partial charge in [0, 0.05) is 5.57 Å². The first-order chi connectivity index (χ1) is 5.77. The van der Waals surface area contributed by atoms with Gasteiger partial charge in [0.05, 0.1) is 0 Å². The van der Waals surface area contributed by atoms with Crippen LogP contribution in [0.3, 0.4) is 0 Å². The maximum absolute atomic E-state index is 11.3. The van der Waals surface area contributed by atoms with Crippen LogP contribution in [0, 0.1) is 0 Å². The molecule has 0 N–H and O–H groups in total. The number of carbonyl (C=O) groups excluding carboxylic acids is 2. The summed E-state index contributed by atoms with van der Waals surface area (Å²) in [5.41, 5.74) is 1.33. The Labute approximate surface area is 69.6 Å². The highest BCUT2D eigenvalue weighted by Gasteiger charge is 2.16. The van der Waals surface area contributed by atoms with Gasteiger partial charge in [-0.2, -0.15) is 0 Å². The van der Waals surface area contributed by atoms with Crippen molar-refractivity contribution < 1.29 is 9.59 Å². The fraction of sp³-hybridized carbons (Fsp3) is 0. The summed E-state index contributed by atoms with van der Waals surface area (Å²) in [6.45, 7) is 0. The van der Waals surface area contributed by atoms with Crippen molar-refractivity contribution in [3.8, 4) is 0 Å². The van der Waals surface area contributed by atoms with Crippen LogP contribution in [0.15, 0.2) is 47.6 Å². The van der Waals surface area contributed by atoms with Crippen molar-refractivity contribution >= 4 is 11.6 Å². The summed E-state index contributed by atoms with van der Waals surface area (Å²) in [5.74, 6) is -0.231. The lowest BCUT2D eigenvalue weighted by Gasteiger charge is -1.95. The number of hydrogen-bond acceptors (Lipinski definition) is 2. The van der Waals surface area contributed by atoms with Crippen LogP contribution in [0.25, 0.3) is 0 Å². The minimum Gasteiger partial charge on any atom is -0.290 e. The Hall–Kier alpha value is -1.70. The topological polar surface area (TPSA) is 34.1 Å². The smallest absolute Gasteiger partial charge is 0.186 e. The molecule has 2 aliphatic carbocycles. The number of rotatable bonds is 0. The SMILES string of the molecule is O=C1C=CC(=O)C2=CC=CC2=C1. The Kier molecular flexibility index (Phi) is 1.40. The fourth-order valence-electron chi connectivity index (χ4n) is 1.23. The number of hydrogen-bond donors (Lipinski definition) is 0. The van der Waals surface area contributed by atoms with Gasteiger partial charge in [0.1, 0.15) is 0 Å². The predicted molar refractivity (Wildman–Crippen MR) is 44.5 cm³/mol. The molecule has 0 atom stereocenters. The van der Waals surface area contributed by atoms with E-state index in [1.54, 1.807) is 18.2 Å². The Bertz CT molecular complexity index is 379. The molecule has 58 valence electrons. The molecule has 0 aromatic rings. The minimum absolute atomic E-state index is 0.0999. The molecule has 0 aromatic carbocycles. The number of fused-ring (bicyclic) bond motifs is 1. The van der Waals surface area contributed by atoms with Gasteiger partial charge in [0.2, 0.25) is 0 Å². The first-order valence-corrected chi connectivity index (χ1v) is 3.64. The van der Waals surface area contributed by atoms with Gasteiger partial charge in [-0.3, -0.25) is 9.59 Å². The Morgan fingerprint density at radius 1 is 1.00 bits per heavy atom. The molecule has 0 fully saturated rings. The third kappa shape index (κ3) is 0.975. The second kappa shape index (κ2) is 2.41. The molecule has 0 spiro atoms. The molecule has 0 saturated heterocycles. The average molecular weight is 158 g/mol. The average Bonchev–Trinajstić information content (AvgIpc) is 2.44. The monoisotopic (exact) mass is 158 g/mol. The van der Waals surface area contributed by atoms with Gasteiger partial charge >= 0.3 is 0 Å². The predicted octanol–water partition coefficient (Wildman–Crippen LogP) is 1.12. The zero-order chi connectivity index (χ0) is 8.55. The second-order valence-corrected chi connectivity index (χ2v) is 2.64. The first kappa shape index (κ1) is 6.98. The molecule has 0 amide bonds. The van der Waals surface area contributed by atoms with Crippen LogP contribution in [-0.4, -0.2) is 11.6 Å². The van der Waals surface area contributed by atoms with E-state index in [0.717, 1.165) is 5.57 Å². The zero-order valence-corrected chi connectivity index (χ0v) is 6.28. The summed E-state index contributed by atoms with van der Waals surface area (Å²) < 4.78 is 0. The zero-order valence-electron chi connectivity index (χ0n) is 6.28. The minimum atomic E-state index is -0.131. The van der Waals surface area contributed by atoms with E-state index >= 15 is 0 Å². The number of allylic oxidation sites excluding steroid dienone is 8. The van der Waals surface area contributed by atoms with Crippen LogP contribution >= 0.6 is 0 Å². The van der Waals surface area contributed by atoms with Gasteiger partial charge in [-0.25, -0.2) is 0 Å². The van der Waals surface area contributed by atoms with Crippen LogP contribution in [0.2, 0.25) is 0 Å². The third-order valence-electron chi connectivity index (χ3n) is 1.81. The lowest BCUT2D eigenvalue weighted by molar-refractivity contribution is -0.112. The molecular weight excluding hydrogens is 152 g/mol. The van der Waals surface area contributed by atoms with Crippen molar-refractivity contribution in [2.45, 2.75) is 0 Å². The highest BCUT2D eigenvalue weighted by molar-refractivity contribution is 6.16. The normalized spacial score (nSPS) is 20.3. The van der Waals surface area contributed by atoms with Gasteiger partial charge in [0.25, 0.3) is 0 Å². The van der Waals surface area contributed by atoms with E-state index in [1.165, 1.54) is 18.2 Å². The molecule has 0 bridgehead atoms. The van der Waals surface area contributed by atoms with Gasteiger partial charge < -0.3 is 0 Å². The summed E-state index contributed by atoms with van der Waals surface area (Å²) >= 11 is 0. The van der Waals surface area contributed by atoms with E-state index in [0.29, 0.717) is 5.57 Å². The molecule has 0 heterocycles. The van der Waals surface area contributed by atoms with Crippen molar-refractivity contribution in [3.05, 3.63) is 47.6 Å². The molecule has 12 heavy (non-hydrogen) atoms. The van der Waals surface area contributed by atoms with Crippen LogP contribution in [0.1, 0.15) is 0 Å². The molecule has 0 saturated carbocycles. The van der Waals surface area contributed by atoms with Crippen molar-refractivity contribution in [3.63, 3.8) is 0 Å². The summed E-state index contributed by atoms with van der Waals surface area (Å²) in [6, 6.07) is 0. The molecule has 0 radical (unpaired) electrons. The molecule has 2 heteroatoms. The van der Waals surface area contributed by atoms with Gasteiger partial charge in [-0.05, 0) is 23.8 Å². The lowest BCUT2D eigenvalue weighted by Crippen LogP contribution is -1.96. The molecule has 2 nitrogen and oxygen atoms in total. The molecule has 0 unspecified atom stereocenters. The van der Waals surface area contributed by atoms with E-state index in [9.17, 15) is 9.59 Å². The van der Waals surface area contributed by atoms with E-state index in [-0.39, 0.29) is 11.6 Å². The summed E-state index contributed by atoms with van der Waals surface area (Å²) in [6.07, 6.45) is 9.32. The first-order valence-electron chi connectivity index (χ1n) is 3.64. The van der Waals surface area contributed by atoms with Crippen LogP contribution in [0.4, 0.5) is 0 Å². The molecule has 2 rings (SSSR count). The quantitative estimate of drug-likeness (QED) is 0.529. The Morgan fingerprint density at radius 3 is 2.67 bits per heavy atom. The molecule has 0 aliphatic heterocycles. The van der Waals surface area contributed by atoms with Crippen LogP contribution < -0.4 is 0 Å². The second-order valence-electron chi connectivity index (χ2n) is 2.64. The van der Waals surface area contributed by atoms with E-state index in [1.807, 2.05) is 0 Å². The van der Waals surface area contributed by atoms with Crippen molar-refractivity contribution in [2.75, 3.05) is 0 Å².